The summed E-state index contributed by atoms with van der Waals surface area (Å²) in [5, 5.41) is 3.39. The first-order valence-corrected chi connectivity index (χ1v) is 6.12. The van der Waals surface area contributed by atoms with Crippen molar-refractivity contribution in [3.8, 4) is 0 Å². The van der Waals surface area contributed by atoms with E-state index in [1.807, 2.05) is 0 Å². The van der Waals surface area contributed by atoms with Gasteiger partial charge in [0.2, 0.25) is 0 Å². The van der Waals surface area contributed by atoms with E-state index in [0.29, 0.717) is 0 Å². The zero-order valence-corrected chi connectivity index (χ0v) is 20.7. The molecular formula is C14H20N2Y3-2. The third-order valence-electron chi connectivity index (χ3n) is 3.14. The van der Waals surface area contributed by atoms with Crippen molar-refractivity contribution in [2.75, 3.05) is 31.1 Å². The van der Waals surface area contributed by atoms with Crippen LogP contribution in [0.3, 0.4) is 0 Å². The Morgan fingerprint density at radius 1 is 1.05 bits per heavy atom. The van der Waals surface area contributed by atoms with E-state index in [4.69, 9.17) is 0 Å². The van der Waals surface area contributed by atoms with Crippen molar-refractivity contribution in [3.05, 3.63) is 28.8 Å². The van der Waals surface area contributed by atoms with Gasteiger partial charge < -0.3 is 22.3 Å². The summed E-state index contributed by atoms with van der Waals surface area (Å²) in [6.07, 6.45) is 1.05. The van der Waals surface area contributed by atoms with E-state index in [1.54, 1.807) is 0 Å². The number of aryl methyl sites for hydroxylation is 3. The Morgan fingerprint density at radius 3 is 2.16 bits per heavy atom. The molecule has 97 valence electrons. The van der Waals surface area contributed by atoms with Crippen molar-refractivity contribution in [2.24, 2.45) is 0 Å². The zero-order chi connectivity index (χ0) is 11.5. The molecule has 1 aliphatic heterocycles. The number of piperazine rings is 1. The van der Waals surface area contributed by atoms with Gasteiger partial charge in [-0.3, -0.25) is 16.7 Å². The van der Waals surface area contributed by atoms with E-state index in [9.17, 15) is 0 Å². The van der Waals surface area contributed by atoms with E-state index < -0.39 is 0 Å². The predicted molar refractivity (Wildman–Crippen MR) is 68.0 cm³/mol. The molecule has 0 spiro atoms. The minimum absolute atomic E-state index is 0. The standard InChI is InChI=1S/C14H20N2.3Y/c1-4-13-10-11(2)9-12(3)14(13)16-7-5-15-6-8-16;;;/h15H,4-8H2,1-3H3;;;/q-2;;;. The normalized spacial score (nSPS) is 13.9. The van der Waals surface area contributed by atoms with Gasteiger partial charge in [-0.05, 0) is 0 Å². The van der Waals surface area contributed by atoms with Gasteiger partial charge in [0.15, 0.2) is 0 Å². The maximum Gasteiger partial charge on any atom is 0.0110 e. The summed E-state index contributed by atoms with van der Waals surface area (Å²) in [5.41, 5.74) is 5.12. The maximum atomic E-state index is 3.45. The summed E-state index contributed by atoms with van der Waals surface area (Å²) >= 11 is 0. The monoisotopic (exact) mass is 483 g/mol. The van der Waals surface area contributed by atoms with Crippen molar-refractivity contribution >= 4 is 5.69 Å². The minimum atomic E-state index is 0. The van der Waals surface area contributed by atoms with Gasteiger partial charge in [0.1, 0.15) is 0 Å². The van der Waals surface area contributed by atoms with Crippen LogP contribution in [0.5, 0.6) is 0 Å². The van der Waals surface area contributed by atoms with Crippen LogP contribution in [0.4, 0.5) is 5.69 Å². The largest absolute Gasteiger partial charge is 0.474 e. The smallest absolute Gasteiger partial charge is 0.0110 e. The van der Waals surface area contributed by atoms with Crippen LogP contribution < -0.4 is 10.2 Å². The van der Waals surface area contributed by atoms with Crippen molar-refractivity contribution in [1.82, 2.24) is 5.32 Å². The van der Waals surface area contributed by atoms with Crippen LogP contribution in [-0.4, -0.2) is 26.2 Å². The molecule has 2 nitrogen and oxygen atoms in total. The molecule has 5 heteroatoms. The van der Waals surface area contributed by atoms with E-state index in [2.05, 4.69) is 43.1 Å². The van der Waals surface area contributed by atoms with E-state index in [-0.39, 0.29) is 98.1 Å². The molecule has 0 aliphatic carbocycles. The summed E-state index contributed by atoms with van der Waals surface area (Å²) in [6, 6.07) is 6.84. The Morgan fingerprint density at radius 2 is 1.63 bits per heavy atom. The number of anilines is 1. The quantitative estimate of drug-likeness (QED) is 0.647. The Hall–Kier alpha value is 2.29. The molecular weight excluding hydrogens is 463 g/mol. The first-order chi connectivity index (χ1) is 7.72. The van der Waals surface area contributed by atoms with Gasteiger partial charge in [-0.25, -0.2) is 0 Å². The van der Waals surface area contributed by atoms with Crippen LogP contribution >= 0.6 is 0 Å². The fourth-order valence-corrected chi connectivity index (χ4v) is 2.46. The van der Waals surface area contributed by atoms with Gasteiger partial charge in [0.25, 0.3) is 0 Å². The molecule has 1 aliphatic rings. The molecule has 2 rings (SSSR count). The third-order valence-corrected chi connectivity index (χ3v) is 3.14. The number of rotatable bonds is 2. The molecule has 1 aromatic carbocycles. The van der Waals surface area contributed by atoms with Crippen molar-refractivity contribution in [3.63, 3.8) is 0 Å². The Balaban J connectivity index is 0. The van der Waals surface area contributed by atoms with Gasteiger partial charge in [-0.2, -0.15) is 5.69 Å². The predicted octanol–water partition coefficient (Wildman–Crippen LogP) is 1.87. The number of hydrogen-bond acceptors (Lipinski definition) is 2. The first kappa shape index (κ1) is 23.6. The molecule has 0 amide bonds. The summed E-state index contributed by atoms with van der Waals surface area (Å²) in [5.74, 6) is 0. The SMILES string of the molecule is CCc1[c-]c(C)[c-]c(C)c1N1CCNCC1.[Y].[Y].[Y]. The molecule has 3 radical (unpaired) electrons. The fraction of sp³-hybridized carbons (Fsp3) is 0.571. The Bertz CT molecular complexity index is 377. The Labute approximate surface area is 193 Å². The molecule has 1 saturated heterocycles. The molecule has 0 bridgehead atoms. The van der Waals surface area contributed by atoms with Gasteiger partial charge in [0, 0.05) is 124 Å². The molecule has 1 aromatic rings. The fourth-order valence-electron chi connectivity index (χ4n) is 2.46. The third kappa shape index (κ3) is 6.51. The van der Waals surface area contributed by atoms with Crippen molar-refractivity contribution < 1.29 is 98.1 Å². The molecule has 1 fully saturated rings. The molecule has 0 saturated carbocycles. The number of nitrogens with one attached hydrogen (secondary N) is 1. The number of hydrogen-bond donors (Lipinski definition) is 1. The number of nitrogens with zero attached hydrogens (tertiary/aromatic N) is 1. The zero-order valence-electron chi connectivity index (χ0n) is 12.2. The van der Waals surface area contributed by atoms with Crippen LogP contribution in [0.15, 0.2) is 0 Å². The summed E-state index contributed by atoms with van der Waals surface area (Å²) < 4.78 is 0. The van der Waals surface area contributed by atoms with Gasteiger partial charge in [-0.15, -0.1) is 0 Å². The molecule has 1 heterocycles. The second-order valence-electron chi connectivity index (χ2n) is 4.42. The van der Waals surface area contributed by atoms with Crippen LogP contribution in [0.2, 0.25) is 0 Å². The van der Waals surface area contributed by atoms with Crippen LogP contribution in [0.25, 0.3) is 0 Å². The molecule has 0 atom stereocenters. The Kier molecular flexibility index (Phi) is 14.6. The molecule has 0 aromatic heterocycles. The first-order valence-electron chi connectivity index (χ1n) is 6.12. The van der Waals surface area contributed by atoms with Crippen LogP contribution in [0, 0.1) is 26.0 Å². The van der Waals surface area contributed by atoms with Crippen LogP contribution in [0.1, 0.15) is 23.6 Å². The molecule has 0 unspecified atom stereocenters. The maximum absolute atomic E-state index is 3.45. The summed E-state index contributed by atoms with van der Waals surface area (Å²) in [4.78, 5) is 2.47. The average Bonchev–Trinajstić information content (AvgIpc) is 2.29. The van der Waals surface area contributed by atoms with E-state index >= 15 is 0 Å². The van der Waals surface area contributed by atoms with Crippen molar-refractivity contribution in [1.29, 1.82) is 0 Å². The summed E-state index contributed by atoms with van der Waals surface area (Å²) in [7, 11) is 0. The summed E-state index contributed by atoms with van der Waals surface area (Å²) in [6.45, 7) is 10.8. The van der Waals surface area contributed by atoms with E-state index in [0.717, 1.165) is 38.2 Å². The van der Waals surface area contributed by atoms with Gasteiger partial charge >= 0.3 is 0 Å². The van der Waals surface area contributed by atoms with Gasteiger partial charge in [-0.1, -0.05) is 27.2 Å². The average molecular weight is 483 g/mol. The number of benzene rings is 1. The molecule has 19 heavy (non-hydrogen) atoms. The minimum Gasteiger partial charge on any atom is -0.474 e. The second-order valence-corrected chi connectivity index (χ2v) is 4.42. The van der Waals surface area contributed by atoms with Gasteiger partial charge in [0.05, 0.1) is 0 Å². The van der Waals surface area contributed by atoms with E-state index in [1.165, 1.54) is 16.8 Å². The second kappa shape index (κ2) is 11.8. The van der Waals surface area contributed by atoms with Crippen molar-refractivity contribution in [2.45, 2.75) is 27.2 Å². The topological polar surface area (TPSA) is 15.3 Å². The van der Waals surface area contributed by atoms with Crippen LogP contribution in [-0.2, 0) is 105 Å². The molecule has 1 N–H and O–H groups in total.